The largest absolute Gasteiger partial charge is 0.423 e. The SMILES string of the molecule is C=CCNC(=O)c1cc2ccc(OC(=O)c3ccc([N+](=O)[O-])c(C)c3)cc2oc1=O. The molecule has 30 heavy (non-hydrogen) atoms. The van der Waals surface area contributed by atoms with Gasteiger partial charge in [0.2, 0.25) is 0 Å². The molecule has 0 unspecified atom stereocenters. The van der Waals surface area contributed by atoms with Crippen molar-refractivity contribution in [3.8, 4) is 5.75 Å². The summed E-state index contributed by atoms with van der Waals surface area (Å²) < 4.78 is 10.4. The Morgan fingerprint density at radius 1 is 1.23 bits per heavy atom. The third-order valence-corrected chi connectivity index (χ3v) is 4.20. The van der Waals surface area contributed by atoms with E-state index < -0.39 is 22.4 Å². The van der Waals surface area contributed by atoms with Crippen LogP contribution < -0.4 is 15.7 Å². The van der Waals surface area contributed by atoms with Crippen LogP contribution in [0.1, 0.15) is 26.3 Å². The molecule has 1 amide bonds. The van der Waals surface area contributed by atoms with E-state index in [4.69, 9.17) is 9.15 Å². The molecule has 0 bridgehead atoms. The molecule has 1 heterocycles. The number of fused-ring (bicyclic) bond motifs is 1. The molecule has 0 aliphatic rings. The van der Waals surface area contributed by atoms with Crippen LogP contribution in [0, 0.1) is 17.0 Å². The number of ether oxygens (including phenoxy) is 1. The number of amides is 1. The molecular weight excluding hydrogens is 392 g/mol. The summed E-state index contributed by atoms with van der Waals surface area (Å²) in [4.78, 5) is 46.8. The van der Waals surface area contributed by atoms with Crippen LogP contribution in [0.3, 0.4) is 0 Å². The Morgan fingerprint density at radius 2 is 2.00 bits per heavy atom. The van der Waals surface area contributed by atoms with Gasteiger partial charge >= 0.3 is 11.6 Å². The number of carbonyl (C=O) groups excluding carboxylic acids is 2. The minimum atomic E-state index is -0.835. The molecule has 0 aliphatic carbocycles. The summed E-state index contributed by atoms with van der Waals surface area (Å²) >= 11 is 0. The third kappa shape index (κ3) is 4.25. The average molecular weight is 408 g/mol. The lowest BCUT2D eigenvalue weighted by molar-refractivity contribution is -0.385. The van der Waals surface area contributed by atoms with E-state index in [1.807, 2.05) is 0 Å². The van der Waals surface area contributed by atoms with Gasteiger partial charge in [-0.25, -0.2) is 9.59 Å². The fourth-order valence-electron chi connectivity index (χ4n) is 2.73. The van der Waals surface area contributed by atoms with Crippen molar-refractivity contribution in [3.05, 3.63) is 92.3 Å². The molecule has 0 saturated heterocycles. The summed E-state index contributed by atoms with van der Waals surface area (Å²) in [6, 6.07) is 9.61. The van der Waals surface area contributed by atoms with Gasteiger partial charge in [0, 0.05) is 29.6 Å². The van der Waals surface area contributed by atoms with Crippen LogP contribution in [0.15, 0.2) is 64.3 Å². The number of rotatable bonds is 6. The van der Waals surface area contributed by atoms with Gasteiger partial charge in [-0.05, 0) is 37.3 Å². The molecule has 1 aromatic heterocycles. The van der Waals surface area contributed by atoms with Crippen LogP contribution >= 0.6 is 0 Å². The lowest BCUT2D eigenvalue weighted by Gasteiger charge is -2.07. The molecule has 0 radical (unpaired) electrons. The van der Waals surface area contributed by atoms with Crippen molar-refractivity contribution in [2.75, 3.05) is 6.54 Å². The average Bonchev–Trinajstić information content (AvgIpc) is 2.71. The first-order valence-electron chi connectivity index (χ1n) is 8.74. The number of aryl methyl sites for hydroxylation is 1. The second kappa shape index (κ2) is 8.39. The van der Waals surface area contributed by atoms with Crippen LogP contribution in [0.4, 0.5) is 5.69 Å². The smallest absolute Gasteiger partial charge is 0.349 e. The van der Waals surface area contributed by atoms with E-state index in [-0.39, 0.29) is 34.7 Å². The Balaban J connectivity index is 1.85. The molecule has 1 N–H and O–H groups in total. The molecule has 2 aromatic carbocycles. The van der Waals surface area contributed by atoms with Crippen molar-refractivity contribution in [1.29, 1.82) is 0 Å². The number of benzene rings is 2. The summed E-state index contributed by atoms with van der Waals surface area (Å²) in [5.74, 6) is -1.21. The van der Waals surface area contributed by atoms with E-state index in [0.717, 1.165) is 0 Å². The summed E-state index contributed by atoms with van der Waals surface area (Å²) in [5.41, 5.74) is -0.512. The fourth-order valence-corrected chi connectivity index (χ4v) is 2.73. The first kappa shape index (κ1) is 20.5. The van der Waals surface area contributed by atoms with Gasteiger partial charge in [0.15, 0.2) is 0 Å². The molecule has 0 aliphatic heterocycles. The maximum atomic E-state index is 12.3. The minimum absolute atomic E-state index is 0.105. The molecular formula is C21H16N2O7. The summed E-state index contributed by atoms with van der Waals surface area (Å²) in [7, 11) is 0. The van der Waals surface area contributed by atoms with Crippen molar-refractivity contribution >= 4 is 28.5 Å². The van der Waals surface area contributed by atoms with Crippen LogP contribution in [0.5, 0.6) is 5.75 Å². The van der Waals surface area contributed by atoms with E-state index >= 15 is 0 Å². The molecule has 9 nitrogen and oxygen atoms in total. The Labute approximate surface area is 169 Å². The Hall–Kier alpha value is -4.27. The van der Waals surface area contributed by atoms with Gasteiger partial charge in [-0.1, -0.05) is 6.08 Å². The number of hydrogen-bond donors (Lipinski definition) is 1. The standard InChI is InChI=1S/C21H16N2O7/c1-3-8-22-19(24)16-10-13-4-6-15(11-18(13)30-21(16)26)29-20(25)14-5-7-17(23(27)28)12(2)9-14/h3-7,9-11H,1,8H2,2H3,(H,22,24). The van der Waals surface area contributed by atoms with Crippen molar-refractivity contribution in [2.24, 2.45) is 0 Å². The maximum Gasteiger partial charge on any atom is 0.349 e. The summed E-state index contributed by atoms with van der Waals surface area (Å²) in [6.45, 7) is 5.20. The van der Waals surface area contributed by atoms with Crippen LogP contribution in [0.25, 0.3) is 11.0 Å². The number of nitro groups is 1. The van der Waals surface area contributed by atoms with Crippen molar-refractivity contribution in [3.63, 3.8) is 0 Å². The highest BCUT2D eigenvalue weighted by molar-refractivity contribution is 5.97. The van der Waals surface area contributed by atoms with E-state index in [0.29, 0.717) is 10.9 Å². The topological polar surface area (TPSA) is 129 Å². The van der Waals surface area contributed by atoms with E-state index in [2.05, 4.69) is 11.9 Å². The van der Waals surface area contributed by atoms with Gasteiger partial charge in [-0.15, -0.1) is 6.58 Å². The first-order valence-corrected chi connectivity index (χ1v) is 8.74. The summed E-state index contributed by atoms with van der Waals surface area (Å²) in [6.07, 6.45) is 1.48. The lowest BCUT2D eigenvalue weighted by Crippen LogP contribution is -2.28. The second-order valence-corrected chi connectivity index (χ2v) is 6.29. The van der Waals surface area contributed by atoms with Gasteiger partial charge in [0.05, 0.1) is 10.5 Å². The normalized spacial score (nSPS) is 10.4. The van der Waals surface area contributed by atoms with Crippen LogP contribution in [-0.2, 0) is 0 Å². The number of nitro benzene ring substituents is 1. The zero-order valence-corrected chi connectivity index (χ0v) is 15.8. The summed E-state index contributed by atoms with van der Waals surface area (Å²) in [5, 5.41) is 13.8. The van der Waals surface area contributed by atoms with Crippen molar-refractivity contribution < 1.29 is 23.7 Å². The van der Waals surface area contributed by atoms with Crippen molar-refractivity contribution in [1.82, 2.24) is 5.32 Å². The number of hydrogen-bond acceptors (Lipinski definition) is 7. The lowest BCUT2D eigenvalue weighted by atomic mass is 10.1. The van der Waals surface area contributed by atoms with Crippen LogP contribution in [0.2, 0.25) is 0 Å². The zero-order valence-electron chi connectivity index (χ0n) is 15.8. The highest BCUT2D eigenvalue weighted by Crippen LogP contribution is 2.23. The monoisotopic (exact) mass is 408 g/mol. The van der Waals surface area contributed by atoms with E-state index in [9.17, 15) is 24.5 Å². The Morgan fingerprint density at radius 3 is 2.67 bits per heavy atom. The third-order valence-electron chi connectivity index (χ3n) is 4.20. The molecule has 0 saturated carbocycles. The van der Waals surface area contributed by atoms with Crippen LogP contribution in [-0.4, -0.2) is 23.3 Å². The maximum absolute atomic E-state index is 12.3. The van der Waals surface area contributed by atoms with Gasteiger partial charge in [0.1, 0.15) is 16.9 Å². The molecule has 3 rings (SSSR count). The predicted octanol–water partition coefficient (Wildman–Crippen LogP) is 3.14. The van der Waals surface area contributed by atoms with E-state index in [1.54, 1.807) is 0 Å². The number of carbonyl (C=O) groups is 2. The van der Waals surface area contributed by atoms with Crippen molar-refractivity contribution in [2.45, 2.75) is 6.92 Å². The number of nitrogens with zero attached hydrogens (tertiary/aromatic N) is 1. The molecule has 9 heteroatoms. The van der Waals surface area contributed by atoms with E-state index in [1.165, 1.54) is 55.5 Å². The Kier molecular flexibility index (Phi) is 5.73. The Bertz CT molecular complexity index is 1240. The van der Waals surface area contributed by atoms with Gasteiger partial charge in [-0.2, -0.15) is 0 Å². The van der Waals surface area contributed by atoms with Gasteiger partial charge in [0.25, 0.3) is 11.6 Å². The molecule has 0 atom stereocenters. The molecule has 0 fully saturated rings. The van der Waals surface area contributed by atoms with Gasteiger partial charge in [-0.3, -0.25) is 14.9 Å². The van der Waals surface area contributed by atoms with Gasteiger partial charge < -0.3 is 14.5 Å². The first-order chi connectivity index (χ1) is 14.3. The minimum Gasteiger partial charge on any atom is -0.423 e. The highest BCUT2D eigenvalue weighted by atomic mass is 16.6. The fraction of sp³-hybridized carbons (Fsp3) is 0.0952. The predicted molar refractivity (Wildman–Crippen MR) is 108 cm³/mol. The number of esters is 1. The second-order valence-electron chi connectivity index (χ2n) is 6.29. The quantitative estimate of drug-likeness (QED) is 0.166. The number of nitrogens with one attached hydrogen (secondary N) is 1. The molecule has 3 aromatic rings. The molecule has 0 spiro atoms. The highest BCUT2D eigenvalue weighted by Gasteiger charge is 2.17. The molecule has 152 valence electrons. The zero-order chi connectivity index (χ0) is 21.8.